The van der Waals surface area contributed by atoms with Crippen molar-refractivity contribution in [1.82, 2.24) is 20.7 Å². The minimum atomic E-state index is -0.212. The van der Waals surface area contributed by atoms with Gasteiger partial charge < -0.3 is 14.6 Å². The summed E-state index contributed by atoms with van der Waals surface area (Å²) in [7, 11) is 1.64. The van der Waals surface area contributed by atoms with E-state index in [9.17, 15) is 4.79 Å². The van der Waals surface area contributed by atoms with Gasteiger partial charge in [0.05, 0.1) is 19.0 Å². The van der Waals surface area contributed by atoms with Crippen molar-refractivity contribution in [2.45, 2.75) is 46.6 Å². The molecule has 1 aliphatic carbocycles. The Hall–Kier alpha value is -3.09. The molecular formula is C23H28N4O3. The summed E-state index contributed by atoms with van der Waals surface area (Å²) in [5.41, 5.74) is 4.30. The van der Waals surface area contributed by atoms with Crippen molar-refractivity contribution in [2.24, 2.45) is 11.3 Å². The second kappa shape index (κ2) is 7.97. The van der Waals surface area contributed by atoms with Crippen LogP contribution < -0.4 is 10.1 Å². The van der Waals surface area contributed by atoms with Crippen LogP contribution in [0.3, 0.4) is 0 Å². The zero-order chi connectivity index (χ0) is 21.3. The molecule has 1 unspecified atom stereocenters. The van der Waals surface area contributed by atoms with Gasteiger partial charge in [-0.1, -0.05) is 25.9 Å². The van der Waals surface area contributed by atoms with Gasteiger partial charge in [-0.05, 0) is 48.4 Å². The number of carbonyl (C=O) groups excluding carboxylic acids is 1. The predicted octanol–water partition coefficient (Wildman–Crippen LogP) is 4.15. The maximum Gasteiger partial charge on any atom is 0.274 e. The molecule has 2 aromatic heterocycles. The van der Waals surface area contributed by atoms with Gasteiger partial charge in [0, 0.05) is 29.7 Å². The molecule has 158 valence electrons. The third-order valence-electron chi connectivity index (χ3n) is 6.02. The maximum atomic E-state index is 12.9. The Morgan fingerprint density at radius 2 is 2.07 bits per heavy atom. The number of hydrogen-bond acceptors (Lipinski definition) is 5. The number of nitrogens with zero attached hydrogens (tertiary/aromatic N) is 2. The summed E-state index contributed by atoms with van der Waals surface area (Å²) in [6.45, 7) is 7.08. The van der Waals surface area contributed by atoms with Gasteiger partial charge in [-0.2, -0.15) is 5.10 Å². The first-order valence-corrected chi connectivity index (χ1v) is 10.3. The van der Waals surface area contributed by atoms with Crippen LogP contribution in [0.5, 0.6) is 5.75 Å². The number of methoxy groups -OCH3 is 1. The number of benzene rings is 1. The van der Waals surface area contributed by atoms with Crippen molar-refractivity contribution in [3.05, 3.63) is 53.0 Å². The highest BCUT2D eigenvalue weighted by Gasteiger charge is 2.34. The van der Waals surface area contributed by atoms with Crippen LogP contribution in [-0.2, 0) is 19.4 Å². The summed E-state index contributed by atoms with van der Waals surface area (Å²) < 4.78 is 10.7. The Balaban J connectivity index is 1.47. The number of aryl methyl sites for hydroxylation is 1. The molecule has 3 aromatic rings. The highest BCUT2D eigenvalue weighted by molar-refractivity contribution is 5.94. The van der Waals surface area contributed by atoms with E-state index in [1.807, 2.05) is 24.3 Å². The minimum Gasteiger partial charge on any atom is -0.497 e. The maximum absolute atomic E-state index is 12.9. The summed E-state index contributed by atoms with van der Waals surface area (Å²) >= 11 is 0. The number of amides is 1. The van der Waals surface area contributed by atoms with Crippen LogP contribution in [0.25, 0.3) is 11.3 Å². The smallest absolute Gasteiger partial charge is 0.274 e. The molecule has 0 fully saturated rings. The minimum absolute atomic E-state index is 0.187. The monoisotopic (exact) mass is 408 g/mol. The summed E-state index contributed by atoms with van der Waals surface area (Å²) in [5, 5.41) is 14.2. The molecule has 1 aromatic carbocycles. The Bertz CT molecular complexity index is 1030. The number of aromatic nitrogens is 3. The Kier molecular flexibility index (Phi) is 5.37. The summed E-state index contributed by atoms with van der Waals surface area (Å²) in [4.78, 5) is 12.9. The summed E-state index contributed by atoms with van der Waals surface area (Å²) in [5.74, 6) is 1.93. The molecule has 0 bridgehead atoms. The van der Waals surface area contributed by atoms with Crippen molar-refractivity contribution in [2.75, 3.05) is 7.11 Å². The molecular weight excluding hydrogens is 380 g/mol. The second-order valence-electron chi connectivity index (χ2n) is 8.92. The van der Waals surface area contributed by atoms with E-state index in [4.69, 9.17) is 9.26 Å². The van der Waals surface area contributed by atoms with E-state index in [2.05, 4.69) is 41.4 Å². The van der Waals surface area contributed by atoms with Crippen LogP contribution in [0.15, 0.2) is 35.0 Å². The van der Waals surface area contributed by atoms with Gasteiger partial charge in [-0.15, -0.1) is 0 Å². The average Bonchev–Trinajstić information content (AvgIpc) is 3.38. The molecule has 0 saturated heterocycles. The Labute approximate surface area is 176 Å². The van der Waals surface area contributed by atoms with Crippen molar-refractivity contribution in [1.29, 1.82) is 0 Å². The third kappa shape index (κ3) is 3.97. The van der Waals surface area contributed by atoms with E-state index >= 15 is 0 Å². The van der Waals surface area contributed by atoms with Crippen molar-refractivity contribution in [3.8, 4) is 17.0 Å². The van der Waals surface area contributed by atoms with Gasteiger partial charge in [-0.3, -0.25) is 9.89 Å². The fraction of sp³-hybridized carbons (Fsp3) is 0.435. The van der Waals surface area contributed by atoms with E-state index in [1.54, 1.807) is 13.3 Å². The first kappa shape index (κ1) is 20.2. The average molecular weight is 409 g/mol. The number of aromatic amines is 1. The lowest BCUT2D eigenvalue weighted by Gasteiger charge is -2.33. The molecule has 1 atom stereocenters. The lowest BCUT2D eigenvalue weighted by atomic mass is 9.71. The SMILES string of the molecule is COc1ccc(-c2[nH]ncc2CNC(=O)c2noc3c2CC(C(C)(C)C)CC3)cc1. The summed E-state index contributed by atoms with van der Waals surface area (Å²) in [6.07, 6.45) is 4.45. The molecule has 0 aliphatic heterocycles. The fourth-order valence-electron chi connectivity index (χ4n) is 4.03. The van der Waals surface area contributed by atoms with Gasteiger partial charge in [0.15, 0.2) is 5.69 Å². The van der Waals surface area contributed by atoms with E-state index in [1.165, 1.54) is 0 Å². The van der Waals surface area contributed by atoms with Crippen LogP contribution in [0.4, 0.5) is 0 Å². The van der Waals surface area contributed by atoms with E-state index in [0.717, 1.165) is 53.2 Å². The Morgan fingerprint density at radius 1 is 1.30 bits per heavy atom. The van der Waals surface area contributed by atoms with Gasteiger partial charge >= 0.3 is 0 Å². The van der Waals surface area contributed by atoms with E-state index in [0.29, 0.717) is 18.2 Å². The number of hydrogen-bond donors (Lipinski definition) is 2. The molecule has 0 radical (unpaired) electrons. The van der Waals surface area contributed by atoms with Crippen LogP contribution in [0.2, 0.25) is 0 Å². The van der Waals surface area contributed by atoms with Gasteiger partial charge in [0.2, 0.25) is 0 Å². The van der Waals surface area contributed by atoms with Gasteiger partial charge in [0.1, 0.15) is 11.5 Å². The quantitative estimate of drug-likeness (QED) is 0.661. The zero-order valence-electron chi connectivity index (χ0n) is 17.9. The largest absolute Gasteiger partial charge is 0.497 e. The summed E-state index contributed by atoms with van der Waals surface area (Å²) in [6, 6.07) is 7.70. The molecule has 2 N–H and O–H groups in total. The highest BCUT2D eigenvalue weighted by Crippen LogP contribution is 2.38. The van der Waals surface area contributed by atoms with Gasteiger partial charge in [0.25, 0.3) is 5.91 Å². The third-order valence-corrected chi connectivity index (χ3v) is 6.02. The number of rotatable bonds is 5. The number of fused-ring (bicyclic) bond motifs is 1. The number of ether oxygens (including phenoxy) is 1. The number of nitrogens with one attached hydrogen (secondary N) is 2. The van der Waals surface area contributed by atoms with Crippen molar-refractivity contribution in [3.63, 3.8) is 0 Å². The highest BCUT2D eigenvalue weighted by atomic mass is 16.5. The molecule has 0 saturated carbocycles. The van der Waals surface area contributed by atoms with Crippen molar-refractivity contribution < 1.29 is 14.1 Å². The first-order chi connectivity index (χ1) is 14.4. The molecule has 1 aliphatic rings. The van der Waals surface area contributed by atoms with E-state index < -0.39 is 0 Å². The second-order valence-corrected chi connectivity index (χ2v) is 8.92. The van der Waals surface area contributed by atoms with Crippen LogP contribution in [0.1, 0.15) is 54.6 Å². The van der Waals surface area contributed by atoms with Crippen molar-refractivity contribution >= 4 is 5.91 Å². The number of carbonyl (C=O) groups is 1. The van der Waals surface area contributed by atoms with Crippen LogP contribution in [-0.4, -0.2) is 28.4 Å². The molecule has 0 spiro atoms. The lowest BCUT2D eigenvalue weighted by Crippen LogP contribution is -2.29. The molecule has 7 nitrogen and oxygen atoms in total. The van der Waals surface area contributed by atoms with E-state index in [-0.39, 0.29) is 11.3 Å². The topological polar surface area (TPSA) is 93.0 Å². The molecule has 30 heavy (non-hydrogen) atoms. The van der Waals surface area contributed by atoms with Gasteiger partial charge in [-0.25, -0.2) is 0 Å². The Morgan fingerprint density at radius 3 is 2.77 bits per heavy atom. The molecule has 4 rings (SSSR count). The molecule has 2 heterocycles. The number of H-pyrrole nitrogens is 1. The standard InChI is InChI=1S/C23H28N4O3/c1-23(2,3)16-7-10-19-18(11-16)21(27-30-19)22(28)24-12-15-13-25-26-20(15)14-5-8-17(29-4)9-6-14/h5-6,8-9,13,16H,7,10-12H2,1-4H3,(H,24,28)(H,25,26). The molecule has 1 amide bonds. The predicted molar refractivity (Wildman–Crippen MR) is 113 cm³/mol. The zero-order valence-corrected chi connectivity index (χ0v) is 17.9. The lowest BCUT2D eigenvalue weighted by molar-refractivity contribution is 0.0940. The van der Waals surface area contributed by atoms with Crippen LogP contribution in [0, 0.1) is 11.3 Å². The normalized spacial score (nSPS) is 16.2. The van der Waals surface area contributed by atoms with Crippen LogP contribution >= 0.6 is 0 Å². The fourth-order valence-corrected chi connectivity index (χ4v) is 4.03. The first-order valence-electron chi connectivity index (χ1n) is 10.3. The molecule has 7 heteroatoms.